The van der Waals surface area contributed by atoms with Crippen molar-refractivity contribution >= 4 is 27.3 Å². The van der Waals surface area contributed by atoms with Crippen molar-refractivity contribution in [2.24, 2.45) is 0 Å². The maximum Gasteiger partial charge on any atom is 0.261 e. The minimum absolute atomic E-state index is 0.0282. The number of aromatic nitrogens is 1. The molecule has 1 N–H and O–H groups in total. The normalized spacial score (nSPS) is 14.9. The summed E-state index contributed by atoms with van der Waals surface area (Å²) in [6, 6.07) is 10.4. The Balaban J connectivity index is 1.45. The number of para-hydroxylation sites is 1. The number of hydrogen-bond acceptors (Lipinski definition) is 3. The molecule has 4 nitrogen and oxygen atoms in total. The monoisotopic (exact) mass is 354 g/mol. The molecule has 25 heavy (non-hydrogen) atoms. The molecular weight excluding hydrogens is 332 g/mol. The Morgan fingerprint density at radius 3 is 2.84 bits per heavy atom. The molecule has 3 aromatic rings. The van der Waals surface area contributed by atoms with Crippen molar-refractivity contribution in [3.63, 3.8) is 0 Å². The summed E-state index contributed by atoms with van der Waals surface area (Å²) in [6.07, 6.45) is 9.59. The van der Waals surface area contributed by atoms with Crippen molar-refractivity contribution in [1.82, 2.24) is 9.88 Å². The summed E-state index contributed by atoms with van der Waals surface area (Å²) >= 11 is 1.57. The lowest BCUT2D eigenvalue weighted by atomic mass is 10.2. The number of amides is 1. The number of carbonyl (C=O) groups is 1. The lowest BCUT2D eigenvalue weighted by Gasteiger charge is -2.10. The van der Waals surface area contributed by atoms with Crippen LogP contribution in [0.1, 0.15) is 47.0 Å². The predicted octanol–water partition coefficient (Wildman–Crippen LogP) is 4.76. The van der Waals surface area contributed by atoms with E-state index in [0.717, 1.165) is 16.2 Å². The standard InChI is InChI=1S/C20H22N2O2S/c1-24-17-9-5-2-6-14(17)11-21-20(23)18-10-15-12-22(13-19(15)25-18)16-7-3-4-8-16/h2,5-6,9-10,12-13,16H,3-4,7-8,11H2,1H3,(H,21,23). The number of nitrogens with one attached hydrogen (secondary N) is 1. The number of nitrogens with zero attached hydrogens (tertiary/aromatic N) is 1. The summed E-state index contributed by atoms with van der Waals surface area (Å²) in [5, 5.41) is 4.16. The van der Waals surface area contributed by atoms with Gasteiger partial charge in [-0.15, -0.1) is 11.3 Å². The molecule has 0 aliphatic heterocycles. The molecule has 1 saturated carbocycles. The molecule has 1 amide bonds. The quantitative estimate of drug-likeness (QED) is 0.718. The third kappa shape index (κ3) is 3.29. The number of benzene rings is 1. The molecule has 4 rings (SSSR count). The van der Waals surface area contributed by atoms with Crippen molar-refractivity contribution in [3.05, 3.63) is 53.2 Å². The first-order chi connectivity index (χ1) is 12.2. The number of rotatable bonds is 5. The second-order valence-electron chi connectivity index (χ2n) is 6.57. The van der Waals surface area contributed by atoms with Crippen LogP contribution in [0.25, 0.3) is 10.1 Å². The molecule has 130 valence electrons. The van der Waals surface area contributed by atoms with E-state index in [1.54, 1.807) is 18.4 Å². The van der Waals surface area contributed by atoms with E-state index >= 15 is 0 Å². The minimum atomic E-state index is -0.0282. The van der Waals surface area contributed by atoms with E-state index in [0.29, 0.717) is 12.6 Å². The lowest BCUT2D eigenvalue weighted by Crippen LogP contribution is -2.22. The van der Waals surface area contributed by atoms with Crippen LogP contribution in [0.15, 0.2) is 42.7 Å². The molecule has 1 aromatic carbocycles. The van der Waals surface area contributed by atoms with E-state index in [2.05, 4.69) is 22.3 Å². The second-order valence-corrected chi connectivity index (χ2v) is 7.65. The summed E-state index contributed by atoms with van der Waals surface area (Å²) < 4.78 is 8.86. The lowest BCUT2D eigenvalue weighted by molar-refractivity contribution is 0.0955. The van der Waals surface area contributed by atoms with Gasteiger partial charge in [0.05, 0.1) is 16.7 Å². The van der Waals surface area contributed by atoms with Gasteiger partial charge in [0.2, 0.25) is 0 Å². The highest BCUT2D eigenvalue weighted by molar-refractivity contribution is 7.20. The van der Waals surface area contributed by atoms with Gasteiger partial charge in [-0.3, -0.25) is 4.79 Å². The Morgan fingerprint density at radius 2 is 2.08 bits per heavy atom. The highest BCUT2D eigenvalue weighted by atomic mass is 32.1. The number of carbonyl (C=O) groups excluding carboxylic acids is 1. The van der Waals surface area contributed by atoms with Gasteiger partial charge in [0.15, 0.2) is 0 Å². The number of thiophene rings is 1. The van der Waals surface area contributed by atoms with Gasteiger partial charge in [-0.2, -0.15) is 0 Å². The van der Waals surface area contributed by atoms with Gasteiger partial charge >= 0.3 is 0 Å². The van der Waals surface area contributed by atoms with E-state index < -0.39 is 0 Å². The Kier molecular flexibility index (Phi) is 4.49. The van der Waals surface area contributed by atoms with Gasteiger partial charge in [0, 0.05) is 35.9 Å². The number of fused-ring (bicyclic) bond motifs is 1. The van der Waals surface area contributed by atoms with E-state index in [4.69, 9.17) is 4.74 Å². The fraction of sp³-hybridized carbons (Fsp3) is 0.350. The van der Waals surface area contributed by atoms with Crippen LogP contribution in [0.4, 0.5) is 0 Å². The van der Waals surface area contributed by atoms with Crippen molar-refractivity contribution in [3.8, 4) is 5.75 Å². The molecule has 1 aliphatic rings. The first kappa shape index (κ1) is 16.2. The predicted molar refractivity (Wildman–Crippen MR) is 101 cm³/mol. The van der Waals surface area contributed by atoms with Gasteiger partial charge in [-0.1, -0.05) is 31.0 Å². The highest BCUT2D eigenvalue weighted by Gasteiger charge is 2.18. The molecule has 5 heteroatoms. The molecule has 0 unspecified atom stereocenters. The Morgan fingerprint density at radius 1 is 1.28 bits per heavy atom. The van der Waals surface area contributed by atoms with Crippen molar-refractivity contribution < 1.29 is 9.53 Å². The summed E-state index contributed by atoms with van der Waals surface area (Å²) in [4.78, 5) is 13.2. The Labute approximate surface area is 151 Å². The van der Waals surface area contributed by atoms with Gasteiger partial charge in [-0.25, -0.2) is 0 Å². The minimum Gasteiger partial charge on any atom is -0.496 e. The number of ether oxygens (including phenoxy) is 1. The maximum absolute atomic E-state index is 12.5. The third-order valence-electron chi connectivity index (χ3n) is 4.95. The van der Waals surface area contributed by atoms with Gasteiger partial charge < -0.3 is 14.6 Å². The van der Waals surface area contributed by atoms with E-state index in [1.807, 2.05) is 30.3 Å². The second kappa shape index (κ2) is 6.92. The van der Waals surface area contributed by atoms with Crippen LogP contribution in [0, 0.1) is 0 Å². The van der Waals surface area contributed by atoms with Gasteiger partial charge in [0.1, 0.15) is 5.75 Å². The molecule has 1 aliphatic carbocycles. The zero-order valence-electron chi connectivity index (χ0n) is 14.3. The molecule has 1 fully saturated rings. The molecule has 0 atom stereocenters. The summed E-state index contributed by atoms with van der Waals surface area (Å²) in [5.41, 5.74) is 0.980. The Bertz CT molecular complexity index is 859. The SMILES string of the molecule is COc1ccccc1CNC(=O)c1cc2cn(C3CCCC3)cc2s1. The largest absolute Gasteiger partial charge is 0.496 e. The van der Waals surface area contributed by atoms with Crippen molar-refractivity contribution in [2.75, 3.05) is 7.11 Å². The molecule has 0 saturated heterocycles. The smallest absolute Gasteiger partial charge is 0.261 e. The average molecular weight is 354 g/mol. The van der Waals surface area contributed by atoms with Gasteiger partial charge in [-0.05, 0) is 25.0 Å². The molecule has 2 heterocycles. The summed E-state index contributed by atoms with van der Waals surface area (Å²) in [7, 11) is 1.65. The van der Waals surface area contributed by atoms with Crippen LogP contribution in [0.5, 0.6) is 5.75 Å². The highest BCUT2D eigenvalue weighted by Crippen LogP contribution is 2.34. The van der Waals surface area contributed by atoms with Crippen LogP contribution in [0.2, 0.25) is 0 Å². The van der Waals surface area contributed by atoms with E-state index in [1.165, 1.54) is 35.8 Å². The van der Waals surface area contributed by atoms with Crippen molar-refractivity contribution in [2.45, 2.75) is 38.3 Å². The zero-order valence-corrected chi connectivity index (χ0v) is 15.1. The molecule has 2 aromatic heterocycles. The molecule has 0 spiro atoms. The van der Waals surface area contributed by atoms with Crippen LogP contribution >= 0.6 is 11.3 Å². The maximum atomic E-state index is 12.5. The fourth-order valence-corrected chi connectivity index (χ4v) is 4.58. The zero-order chi connectivity index (χ0) is 17.2. The molecular formula is C20H22N2O2S. The number of hydrogen-bond donors (Lipinski definition) is 1. The van der Waals surface area contributed by atoms with Crippen LogP contribution in [-0.4, -0.2) is 17.6 Å². The first-order valence-electron chi connectivity index (χ1n) is 8.75. The fourth-order valence-electron chi connectivity index (χ4n) is 3.59. The molecule has 0 bridgehead atoms. The van der Waals surface area contributed by atoms with Crippen molar-refractivity contribution in [1.29, 1.82) is 0 Å². The Hall–Kier alpha value is -2.27. The molecule has 0 radical (unpaired) electrons. The topological polar surface area (TPSA) is 43.3 Å². The summed E-state index contributed by atoms with van der Waals surface area (Å²) in [6.45, 7) is 0.465. The van der Waals surface area contributed by atoms with Crippen LogP contribution in [-0.2, 0) is 6.54 Å². The number of methoxy groups -OCH3 is 1. The van der Waals surface area contributed by atoms with E-state index in [-0.39, 0.29) is 5.91 Å². The van der Waals surface area contributed by atoms with Crippen LogP contribution in [0.3, 0.4) is 0 Å². The third-order valence-corrected chi connectivity index (χ3v) is 6.03. The van der Waals surface area contributed by atoms with Gasteiger partial charge in [0.25, 0.3) is 5.91 Å². The summed E-state index contributed by atoms with van der Waals surface area (Å²) in [5.74, 6) is 0.768. The van der Waals surface area contributed by atoms with Crippen LogP contribution < -0.4 is 10.1 Å². The average Bonchev–Trinajstić information content (AvgIpc) is 3.34. The van der Waals surface area contributed by atoms with E-state index in [9.17, 15) is 4.79 Å². The first-order valence-corrected chi connectivity index (χ1v) is 9.57.